The van der Waals surface area contributed by atoms with Crippen LogP contribution in [-0.2, 0) is 0 Å². The van der Waals surface area contributed by atoms with Crippen molar-refractivity contribution in [1.82, 2.24) is 0 Å². The van der Waals surface area contributed by atoms with E-state index in [-0.39, 0.29) is 0 Å². The van der Waals surface area contributed by atoms with Crippen LogP contribution in [0.25, 0.3) is 0 Å². The SMILES string of the molecule is C=CC1=CCCCC1.O=C(O)O. The second kappa shape index (κ2) is 6.46. The fraction of sp³-hybridized carbons (Fsp3) is 0.444. The number of hydrogen-bond acceptors (Lipinski definition) is 1. The maximum Gasteiger partial charge on any atom is 0.503 e. The van der Waals surface area contributed by atoms with Gasteiger partial charge in [0.1, 0.15) is 0 Å². The van der Waals surface area contributed by atoms with Crippen molar-refractivity contribution in [3.63, 3.8) is 0 Å². The highest BCUT2D eigenvalue weighted by Crippen LogP contribution is 2.16. The van der Waals surface area contributed by atoms with Crippen LogP contribution in [0.1, 0.15) is 25.7 Å². The molecule has 1 aliphatic rings. The van der Waals surface area contributed by atoms with Crippen LogP contribution in [0.2, 0.25) is 0 Å². The molecule has 2 N–H and O–H groups in total. The van der Waals surface area contributed by atoms with Crippen LogP contribution in [0.5, 0.6) is 0 Å². The fourth-order valence-electron chi connectivity index (χ4n) is 1.05. The van der Waals surface area contributed by atoms with E-state index >= 15 is 0 Å². The van der Waals surface area contributed by atoms with Gasteiger partial charge in [0.25, 0.3) is 0 Å². The molecule has 0 spiro atoms. The summed E-state index contributed by atoms with van der Waals surface area (Å²) in [6.07, 6.45) is 7.68. The van der Waals surface area contributed by atoms with E-state index in [1.165, 1.54) is 31.3 Å². The van der Waals surface area contributed by atoms with Gasteiger partial charge in [-0.1, -0.05) is 24.3 Å². The Kier molecular flexibility index (Phi) is 5.79. The first-order valence-corrected chi connectivity index (χ1v) is 3.90. The summed E-state index contributed by atoms with van der Waals surface area (Å²) >= 11 is 0. The van der Waals surface area contributed by atoms with Crippen LogP contribution in [0.15, 0.2) is 24.3 Å². The molecule has 0 fully saturated rings. The average Bonchev–Trinajstić information content (AvgIpc) is 2.05. The first kappa shape index (κ1) is 10.8. The zero-order valence-corrected chi connectivity index (χ0v) is 6.99. The summed E-state index contributed by atoms with van der Waals surface area (Å²) in [5, 5.41) is 13.9. The molecule has 0 aromatic rings. The van der Waals surface area contributed by atoms with Gasteiger partial charge in [-0.05, 0) is 25.7 Å². The van der Waals surface area contributed by atoms with E-state index in [1.54, 1.807) is 0 Å². The minimum Gasteiger partial charge on any atom is -0.450 e. The molecule has 3 heteroatoms. The quantitative estimate of drug-likeness (QED) is 0.636. The van der Waals surface area contributed by atoms with Crippen LogP contribution in [0, 0.1) is 0 Å². The Morgan fingerprint density at radius 1 is 1.50 bits per heavy atom. The van der Waals surface area contributed by atoms with Gasteiger partial charge in [-0.25, -0.2) is 4.79 Å². The molecule has 0 aromatic heterocycles. The lowest BCUT2D eigenvalue weighted by molar-refractivity contribution is 0.137. The molecule has 0 radical (unpaired) electrons. The lowest BCUT2D eigenvalue weighted by Gasteiger charge is -2.06. The van der Waals surface area contributed by atoms with Crippen molar-refractivity contribution in [3.05, 3.63) is 24.3 Å². The highest BCUT2D eigenvalue weighted by atomic mass is 16.6. The van der Waals surface area contributed by atoms with Crippen molar-refractivity contribution >= 4 is 6.16 Å². The molecule has 0 aromatic carbocycles. The highest BCUT2D eigenvalue weighted by Gasteiger charge is 1.97. The Morgan fingerprint density at radius 3 is 2.33 bits per heavy atom. The predicted molar refractivity (Wildman–Crippen MR) is 47.4 cm³/mol. The second-order valence-corrected chi connectivity index (χ2v) is 2.51. The third kappa shape index (κ3) is 6.86. The maximum atomic E-state index is 8.56. The third-order valence-electron chi connectivity index (χ3n) is 1.59. The van der Waals surface area contributed by atoms with E-state index in [1.807, 2.05) is 6.08 Å². The van der Waals surface area contributed by atoms with Gasteiger partial charge in [-0.15, -0.1) is 0 Å². The van der Waals surface area contributed by atoms with E-state index < -0.39 is 6.16 Å². The van der Waals surface area contributed by atoms with E-state index in [9.17, 15) is 0 Å². The lowest BCUT2D eigenvalue weighted by atomic mass is 10.0. The summed E-state index contributed by atoms with van der Waals surface area (Å²) in [5.74, 6) is 0. The Morgan fingerprint density at radius 2 is 2.08 bits per heavy atom. The maximum absolute atomic E-state index is 8.56. The van der Waals surface area contributed by atoms with Crippen molar-refractivity contribution in [3.8, 4) is 0 Å². The van der Waals surface area contributed by atoms with Crippen molar-refractivity contribution in [2.45, 2.75) is 25.7 Å². The average molecular weight is 170 g/mol. The Bertz CT molecular complexity index is 178. The van der Waals surface area contributed by atoms with Gasteiger partial charge in [-0.3, -0.25) is 0 Å². The zero-order valence-electron chi connectivity index (χ0n) is 6.99. The number of allylic oxidation sites excluding steroid dienone is 3. The molecule has 1 aliphatic carbocycles. The van der Waals surface area contributed by atoms with E-state index in [0.717, 1.165) is 0 Å². The minimum atomic E-state index is -1.83. The Hall–Kier alpha value is -1.25. The molecule has 1 rings (SSSR count). The summed E-state index contributed by atoms with van der Waals surface area (Å²) < 4.78 is 0. The smallest absolute Gasteiger partial charge is 0.450 e. The number of hydrogen-bond donors (Lipinski definition) is 2. The van der Waals surface area contributed by atoms with Gasteiger partial charge in [0.05, 0.1) is 0 Å². The molecular weight excluding hydrogens is 156 g/mol. The van der Waals surface area contributed by atoms with Gasteiger partial charge >= 0.3 is 6.16 Å². The van der Waals surface area contributed by atoms with Crippen LogP contribution >= 0.6 is 0 Å². The number of carbonyl (C=O) groups is 1. The molecular formula is C9H14O3. The standard InChI is InChI=1S/C8H12.CH2O3/c1-2-8-6-4-3-5-7-8;2-1(3)4/h2,6H,1,3-5,7H2;(H2,2,3,4). The summed E-state index contributed by atoms with van der Waals surface area (Å²) in [6, 6.07) is 0. The molecule has 0 saturated carbocycles. The van der Waals surface area contributed by atoms with Crippen LogP contribution < -0.4 is 0 Å². The monoisotopic (exact) mass is 170 g/mol. The van der Waals surface area contributed by atoms with Gasteiger partial charge in [0, 0.05) is 0 Å². The molecule has 12 heavy (non-hydrogen) atoms. The minimum absolute atomic E-state index is 1.25. The third-order valence-corrected chi connectivity index (χ3v) is 1.59. The van der Waals surface area contributed by atoms with Crippen molar-refractivity contribution in [1.29, 1.82) is 0 Å². The second-order valence-electron chi connectivity index (χ2n) is 2.51. The van der Waals surface area contributed by atoms with E-state index in [2.05, 4.69) is 12.7 Å². The van der Waals surface area contributed by atoms with Crippen molar-refractivity contribution in [2.24, 2.45) is 0 Å². The molecule has 0 aliphatic heterocycles. The molecule has 3 nitrogen and oxygen atoms in total. The van der Waals surface area contributed by atoms with Crippen molar-refractivity contribution in [2.75, 3.05) is 0 Å². The van der Waals surface area contributed by atoms with E-state index in [0.29, 0.717) is 0 Å². The van der Waals surface area contributed by atoms with Crippen LogP contribution in [-0.4, -0.2) is 16.4 Å². The topological polar surface area (TPSA) is 57.5 Å². The van der Waals surface area contributed by atoms with Gasteiger partial charge < -0.3 is 10.2 Å². The molecule has 0 heterocycles. The normalized spacial score (nSPS) is 15.2. The van der Waals surface area contributed by atoms with Crippen molar-refractivity contribution < 1.29 is 15.0 Å². The van der Waals surface area contributed by atoms with Crippen LogP contribution in [0.3, 0.4) is 0 Å². The van der Waals surface area contributed by atoms with Gasteiger partial charge in [0.15, 0.2) is 0 Å². The first-order chi connectivity index (χ1) is 5.66. The number of rotatable bonds is 1. The van der Waals surface area contributed by atoms with Crippen LogP contribution in [0.4, 0.5) is 4.79 Å². The lowest BCUT2D eigenvalue weighted by Crippen LogP contribution is -1.86. The zero-order chi connectivity index (χ0) is 9.40. The molecule has 0 amide bonds. The van der Waals surface area contributed by atoms with Gasteiger partial charge in [-0.2, -0.15) is 0 Å². The van der Waals surface area contributed by atoms with E-state index in [4.69, 9.17) is 15.0 Å². The summed E-state index contributed by atoms with van der Waals surface area (Å²) in [7, 11) is 0. The molecule has 0 atom stereocenters. The predicted octanol–water partition coefficient (Wildman–Crippen LogP) is 2.90. The Balaban J connectivity index is 0.000000261. The number of carboxylic acid groups (broad SMARTS) is 2. The molecule has 0 unspecified atom stereocenters. The van der Waals surface area contributed by atoms with Gasteiger partial charge in [0.2, 0.25) is 0 Å². The summed E-state index contributed by atoms with van der Waals surface area (Å²) in [5.41, 5.74) is 1.44. The molecule has 68 valence electrons. The summed E-state index contributed by atoms with van der Waals surface area (Å²) in [6.45, 7) is 3.72. The molecule has 0 bridgehead atoms. The fourth-order valence-corrected chi connectivity index (χ4v) is 1.05. The largest absolute Gasteiger partial charge is 0.503 e. The molecule has 0 saturated heterocycles. The summed E-state index contributed by atoms with van der Waals surface area (Å²) in [4.78, 5) is 8.56. The highest BCUT2D eigenvalue weighted by molar-refractivity contribution is 5.53. The first-order valence-electron chi connectivity index (χ1n) is 3.90. The Labute approximate surface area is 72.0 Å².